The first-order chi connectivity index (χ1) is 5.24. The number of amides is 1. The van der Waals surface area contributed by atoms with E-state index in [1.165, 1.54) is 0 Å². The van der Waals surface area contributed by atoms with Gasteiger partial charge in [-0.2, -0.15) is 0 Å². The van der Waals surface area contributed by atoms with Crippen molar-refractivity contribution < 1.29 is 4.79 Å². The summed E-state index contributed by atoms with van der Waals surface area (Å²) in [4.78, 5) is 10.2. The number of anilines is 1. The predicted molar refractivity (Wildman–Crippen MR) is 45.8 cm³/mol. The summed E-state index contributed by atoms with van der Waals surface area (Å²) >= 11 is 11.1. The van der Waals surface area contributed by atoms with Crippen LogP contribution >= 0.6 is 23.4 Å². The molecule has 2 nitrogen and oxygen atoms in total. The molecule has 4 heteroatoms. The number of rotatable bonds is 2. The summed E-state index contributed by atoms with van der Waals surface area (Å²) in [7, 11) is 0. The molecule has 0 aliphatic carbocycles. The van der Waals surface area contributed by atoms with Crippen molar-refractivity contribution in [3.63, 3.8) is 0 Å². The zero-order valence-electron chi connectivity index (χ0n) is 5.50. The standard InChI is InChI=1S/C7H5Cl2NO/c8-6-1-3-7(4-2-6)10(9)5-11/h1-5H. The van der Waals surface area contributed by atoms with Gasteiger partial charge in [-0.25, -0.2) is 4.42 Å². The third-order valence-electron chi connectivity index (χ3n) is 1.17. The normalized spacial score (nSPS) is 9.27. The second kappa shape index (κ2) is 3.60. The van der Waals surface area contributed by atoms with Gasteiger partial charge >= 0.3 is 0 Å². The second-order valence-corrected chi connectivity index (χ2v) is 2.69. The Hall–Kier alpha value is -0.730. The number of hydrogen-bond donors (Lipinski definition) is 0. The van der Waals surface area contributed by atoms with E-state index in [1.54, 1.807) is 24.3 Å². The van der Waals surface area contributed by atoms with Gasteiger partial charge in [0.05, 0.1) is 5.69 Å². The number of carbonyl (C=O) groups excluding carboxylic acids is 1. The van der Waals surface area contributed by atoms with E-state index in [0.29, 0.717) is 17.1 Å². The van der Waals surface area contributed by atoms with Gasteiger partial charge in [-0.05, 0) is 24.3 Å². The average Bonchev–Trinajstić information content (AvgIpc) is 2.05. The first-order valence-electron chi connectivity index (χ1n) is 2.90. The lowest BCUT2D eigenvalue weighted by Crippen LogP contribution is -2.05. The molecule has 0 aliphatic heterocycles. The molecule has 0 saturated heterocycles. The number of carbonyl (C=O) groups is 1. The maximum Gasteiger partial charge on any atom is 0.228 e. The van der Waals surface area contributed by atoms with E-state index in [9.17, 15) is 4.79 Å². The third kappa shape index (κ3) is 2.10. The molecule has 0 fully saturated rings. The molecule has 0 saturated carbocycles. The van der Waals surface area contributed by atoms with Crippen LogP contribution in [0.3, 0.4) is 0 Å². The Balaban J connectivity index is 2.89. The van der Waals surface area contributed by atoms with Gasteiger partial charge in [0, 0.05) is 16.8 Å². The summed E-state index contributed by atoms with van der Waals surface area (Å²) in [6.07, 6.45) is 0.519. The highest BCUT2D eigenvalue weighted by Crippen LogP contribution is 2.17. The van der Waals surface area contributed by atoms with Crippen LogP contribution in [0.1, 0.15) is 0 Å². The molecule has 0 aliphatic rings. The van der Waals surface area contributed by atoms with Crippen LogP contribution in [0, 0.1) is 0 Å². The number of benzene rings is 1. The fourth-order valence-electron chi connectivity index (χ4n) is 0.644. The van der Waals surface area contributed by atoms with Gasteiger partial charge in [0.1, 0.15) is 0 Å². The molecular weight excluding hydrogens is 185 g/mol. The van der Waals surface area contributed by atoms with Crippen LogP contribution in [0.4, 0.5) is 5.69 Å². The Morgan fingerprint density at radius 2 is 1.82 bits per heavy atom. The number of nitrogens with zero attached hydrogens (tertiary/aromatic N) is 1. The van der Waals surface area contributed by atoms with E-state index in [0.717, 1.165) is 4.42 Å². The molecule has 1 aromatic rings. The van der Waals surface area contributed by atoms with Gasteiger partial charge < -0.3 is 0 Å². The minimum Gasteiger partial charge on any atom is -0.277 e. The molecule has 0 heterocycles. The molecule has 1 aromatic carbocycles. The number of halogens is 2. The topological polar surface area (TPSA) is 20.3 Å². The van der Waals surface area contributed by atoms with Crippen molar-refractivity contribution in [2.45, 2.75) is 0 Å². The van der Waals surface area contributed by atoms with E-state index in [2.05, 4.69) is 0 Å². The zero-order valence-corrected chi connectivity index (χ0v) is 7.01. The van der Waals surface area contributed by atoms with E-state index in [-0.39, 0.29) is 0 Å². The summed E-state index contributed by atoms with van der Waals surface area (Å²) in [5, 5.41) is 0.615. The highest BCUT2D eigenvalue weighted by molar-refractivity contribution is 6.33. The lowest BCUT2D eigenvalue weighted by Gasteiger charge is -2.05. The highest BCUT2D eigenvalue weighted by Gasteiger charge is 1.98. The van der Waals surface area contributed by atoms with E-state index in [1.807, 2.05) is 0 Å². The van der Waals surface area contributed by atoms with Crippen LogP contribution in [-0.4, -0.2) is 6.41 Å². The first-order valence-corrected chi connectivity index (χ1v) is 3.61. The van der Waals surface area contributed by atoms with Crippen molar-refractivity contribution in [3.8, 4) is 0 Å². The van der Waals surface area contributed by atoms with Gasteiger partial charge in [0.15, 0.2) is 0 Å². The molecule has 0 radical (unpaired) electrons. The van der Waals surface area contributed by atoms with Gasteiger partial charge in [-0.15, -0.1) is 0 Å². The average molecular weight is 190 g/mol. The van der Waals surface area contributed by atoms with Crippen molar-refractivity contribution in [3.05, 3.63) is 29.3 Å². The Kier molecular flexibility index (Phi) is 2.74. The summed E-state index contributed by atoms with van der Waals surface area (Å²) in [5.74, 6) is 0. The summed E-state index contributed by atoms with van der Waals surface area (Å²) in [6, 6.07) is 6.64. The second-order valence-electron chi connectivity index (χ2n) is 1.89. The van der Waals surface area contributed by atoms with Gasteiger partial charge in [0.25, 0.3) is 0 Å². The molecule has 1 amide bonds. The molecular formula is C7H5Cl2NO. The molecule has 0 unspecified atom stereocenters. The molecule has 0 bridgehead atoms. The predicted octanol–water partition coefficient (Wildman–Crippen LogP) is 2.46. The highest BCUT2D eigenvalue weighted by atomic mass is 35.5. The Morgan fingerprint density at radius 3 is 2.27 bits per heavy atom. The van der Waals surface area contributed by atoms with Crippen LogP contribution in [-0.2, 0) is 4.79 Å². The smallest absolute Gasteiger partial charge is 0.228 e. The molecule has 58 valence electrons. The van der Waals surface area contributed by atoms with Gasteiger partial charge in [-0.3, -0.25) is 4.79 Å². The minimum atomic E-state index is 0.519. The monoisotopic (exact) mass is 189 g/mol. The SMILES string of the molecule is O=CN(Cl)c1ccc(Cl)cc1. The van der Waals surface area contributed by atoms with Crippen LogP contribution in [0.25, 0.3) is 0 Å². The minimum absolute atomic E-state index is 0.519. The maximum absolute atomic E-state index is 10.2. The number of hydrogen-bond acceptors (Lipinski definition) is 1. The maximum atomic E-state index is 10.2. The molecule has 0 N–H and O–H groups in total. The Bertz CT molecular complexity index is 247. The van der Waals surface area contributed by atoms with Crippen molar-refractivity contribution in [2.75, 3.05) is 4.42 Å². The first kappa shape index (κ1) is 8.37. The molecule has 0 atom stereocenters. The van der Waals surface area contributed by atoms with E-state index < -0.39 is 0 Å². The molecule has 0 aromatic heterocycles. The zero-order chi connectivity index (χ0) is 8.27. The van der Waals surface area contributed by atoms with Crippen LogP contribution in [0.15, 0.2) is 24.3 Å². The van der Waals surface area contributed by atoms with Gasteiger partial charge in [-0.1, -0.05) is 11.6 Å². The van der Waals surface area contributed by atoms with Crippen molar-refractivity contribution in [1.29, 1.82) is 0 Å². The quantitative estimate of drug-likeness (QED) is 0.518. The van der Waals surface area contributed by atoms with Crippen LogP contribution in [0.2, 0.25) is 5.02 Å². The van der Waals surface area contributed by atoms with Crippen molar-refractivity contribution in [2.24, 2.45) is 0 Å². The summed E-state index contributed by atoms with van der Waals surface area (Å²) in [5.41, 5.74) is 0.603. The van der Waals surface area contributed by atoms with Crippen LogP contribution < -0.4 is 4.42 Å². The van der Waals surface area contributed by atoms with Crippen LogP contribution in [0.5, 0.6) is 0 Å². The van der Waals surface area contributed by atoms with E-state index >= 15 is 0 Å². The van der Waals surface area contributed by atoms with E-state index in [4.69, 9.17) is 23.4 Å². The van der Waals surface area contributed by atoms with Crippen molar-refractivity contribution in [1.82, 2.24) is 0 Å². The lowest BCUT2D eigenvalue weighted by molar-refractivity contribution is -0.106. The molecule has 1 rings (SSSR count). The lowest BCUT2D eigenvalue weighted by atomic mass is 10.3. The fraction of sp³-hybridized carbons (Fsp3) is 0. The summed E-state index contributed by atoms with van der Waals surface area (Å²) < 4.78 is 0.955. The molecule has 11 heavy (non-hydrogen) atoms. The largest absolute Gasteiger partial charge is 0.277 e. The van der Waals surface area contributed by atoms with Crippen molar-refractivity contribution >= 4 is 35.5 Å². The Labute approximate surface area is 74.4 Å². The third-order valence-corrected chi connectivity index (χ3v) is 1.69. The fourth-order valence-corrected chi connectivity index (χ4v) is 0.883. The summed E-state index contributed by atoms with van der Waals surface area (Å²) in [6.45, 7) is 0. The van der Waals surface area contributed by atoms with Gasteiger partial charge in [0.2, 0.25) is 6.41 Å². The molecule has 0 spiro atoms. The Morgan fingerprint density at radius 1 is 1.27 bits per heavy atom.